The Morgan fingerprint density at radius 2 is 1.48 bits per heavy atom. The maximum atomic E-state index is 12.5. The molecule has 0 unspecified atom stereocenters. The van der Waals surface area contributed by atoms with Gasteiger partial charge in [0.25, 0.3) is 11.8 Å². The fourth-order valence-corrected chi connectivity index (χ4v) is 3.34. The monoisotopic (exact) mass is 420 g/mol. The Hall–Kier alpha value is -3.19. The van der Waals surface area contributed by atoms with Crippen molar-refractivity contribution >= 4 is 23.4 Å². The minimum Gasteiger partial charge on any atom is -0.349 e. The summed E-state index contributed by atoms with van der Waals surface area (Å²) in [5, 5.41) is 8.78. The number of carbonyl (C=O) groups is 3. The molecule has 3 N–H and O–H groups in total. The van der Waals surface area contributed by atoms with Crippen molar-refractivity contribution in [1.29, 1.82) is 0 Å². The molecule has 0 spiro atoms. The van der Waals surface area contributed by atoms with Crippen LogP contribution in [0, 0.1) is 0 Å². The van der Waals surface area contributed by atoms with Crippen molar-refractivity contribution in [2.45, 2.75) is 44.3 Å². The van der Waals surface area contributed by atoms with Crippen LogP contribution in [-0.2, 0) is 11.3 Å². The fourth-order valence-electron chi connectivity index (χ4n) is 3.34. The maximum Gasteiger partial charge on any atom is 0.253 e. The quantitative estimate of drug-likeness (QED) is 0.582. The summed E-state index contributed by atoms with van der Waals surface area (Å²) >= 11 is 0. The molecule has 2 aliphatic rings. The molecule has 31 heavy (non-hydrogen) atoms. The molecular formula is C24H28N4O3. The number of carbonyl (C=O) groups excluding carboxylic acids is 3. The van der Waals surface area contributed by atoms with Crippen LogP contribution in [0.1, 0.15) is 52.0 Å². The number of anilines is 1. The lowest BCUT2D eigenvalue weighted by molar-refractivity contribution is -0.117. The lowest BCUT2D eigenvalue weighted by Gasteiger charge is -2.17. The molecule has 7 heteroatoms. The highest BCUT2D eigenvalue weighted by atomic mass is 16.2. The van der Waals surface area contributed by atoms with E-state index in [-0.39, 0.29) is 30.3 Å². The first-order valence-corrected chi connectivity index (χ1v) is 10.8. The molecule has 0 aliphatic heterocycles. The van der Waals surface area contributed by atoms with Crippen molar-refractivity contribution in [3.63, 3.8) is 0 Å². The molecule has 162 valence electrons. The van der Waals surface area contributed by atoms with Crippen LogP contribution in [0.5, 0.6) is 0 Å². The van der Waals surface area contributed by atoms with E-state index in [0.717, 1.165) is 31.2 Å². The number of para-hydroxylation sites is 1. The van der Waals surface area contributed by atoms with Crippen LogP contribution in [0.4, 0.5) is 5.69 Å². The van der Waals surface area contributed by atoms with Crippen LogP contribution in [0.15, 0.2) is 48.5 Å². The molecule has 2 aromatic carbocycles. The van der Waals surface area contributed by atoms with Gasteiger partial charge in [0.1, 0.15) is 0 Å². The summed E-state index contributed by atoms with van der Waals surface area (Å²) in [6.07, 6.45) is 4.15. The zero-order valence-corrected chi connectivity index (χ0v) is 17.7. The van der Waals surface area contributed by atoms with E-state index in [9.17, 15) is 14.4 Å². The molecule has 2 aromatic rings. The Labute approximate surface area is 182 Å². The second-order valence-electron chi connectivity index (χ2n) is 8.46. The summed E-state index contributed by atoms with van der Waals surface area (Å²) in [7, 11) is 1.86. The van der Waals surface area contributed by atoms with Gasteiger partial charge in [-0.3, -0.25) is 19.3 Å². The van der Waals surface area contributed by atoms with E-state index in [1.165, 1.54) is 0 Å². The van der Waals surface area contributed by atoms with Crippen LogP contribution < -0.4 is 16.0 Å². The predicted octanol–water partition coefficient (Wildman–Crippen LogP) is 2.54. The van der Waals surface area contributed by atoms with Gasteiger partial charge in [0, 0.05) is 24.2 Å². The van der Waals surface area contributed by atoms with Gasteiger partial charge >= 0.3 is 0 Å². The van der Waals surface area contributed by atoms with E-state index < -0.39 is 0 Å². The summed E-state index contributed by atoms with van der Waals surface area (Å²) in [6, 6.07) is 15.1. The maximum absolute atomic E-state index is 12.5. The van der Waals surface area contributed by atoms with E-state index >= 15 is 0 Å². The molecule has 0 heterocycles. The zero-order valence-electron chi connectivity index (χ0n) is 17.7. The van der Waals surface area contributed by atoms with Crippen molar-refractivity contribution < 1.29 is 14.4 Å². The highest BCUT2D eigenvalue weighted by molar-refractivity contribution is 6.04. The minimum atomic E-state index is -0.186. The minimum absolute atomic E-state index is 0.0360. The van der Waals surface area contributed by atoms with Gasteiger partial charge in [0.2, 0.25) is 5.91 Å². The molecular weight excluding hydrogens is 392 g/mol. The Balaban J connectivity index is 1.28. The van der Waals surface area contributed by atoms with Gasteiger partial charge in [-0.05, 0) is 62.6 Å². The number of rotatable bonds is 9. The normalized spacial score (nSPS) is 15.4. The van der Waals surface area contributed by atoms with E-state index in [2.05, 4.69) is 16.0 Å². The predicted molar refractivity (Wildman–Crippen MR) is 119 cm³/mol. The van der Waals surface area contributed by atoms with Crippen LogP contribution in [0.2, 0.25) is 0 Å². The van der Waals surface area contributed by atoms with Crippen LogP contribution in [-0.4, -0.2) is 48.3 Å². The molecule has 0 atom stereocenters. The lowest BCUT2D eigenvalue weighted by Crippen LogP contribution is -2.31. The van der Waals surface area contributed by atoms with E-state index in [4.69, 9.17) is 0 Å². The number of hydrogen-bond donors (Lipinski definition) is 3. The van der Waals surface area contributed by atoms with Crippen LogP contribution in [0.25, 0.3) is 0 Å². The smallest absolute Gasteiger partial charge is 0.253 e. The molecule has 4 rings (SSSR count). The van der Waals surface area contributed by atoms with Crippen molar-refractivity contribution in [2.75, 3.05) is 18.9 Å². The number of benzene rings is 2. The number of hydrogen-bond acceptors (Lipinski definition) is 4. The highest BCUT2D eigenvalue weighted by Gasteiger charge is 2.25. The first kappa shape index (κ1) is 21.1. The highest BCUT2D eigenvalue weighted by Crippen LogP contribution is 2.22. The topological polar surface area (TPSA) is 90.5 Å². The summed E-state index contributed by atoms with van der Waals surface area (Å²) < 4.78 is 0. The SMILES string of the molecule is CN(CC(=O)Nc1ccccc1C(=O)NC1CC1)Cc1ccc(C(=O)NC2CC2)cc1. The third-order valence-corrected chi connectivity index (χ3v) is 5.35. The Bertz CT molecular complexity index is 965. The summed E-state index contributed by atoms with van der Waals surface area (Å²) in [5.74, 6) is -0.377. The summed E-state index contributed by atoms with van der Waals surface area (Å²) in [5.41, 5.74) is 2.66. The van der Waals surface area contributed by atoms with Gasteiger partial charge in [-0.15, -0.1) is 0 Å². The van der Waals surface area contributed by atoms with Gasteiger partial charge in [-0.25, -0.2) is 0 Å². The van der Waals surface area contributed by atoms with Gasteiger partial charge < -0.3 is 16.0 Å². The molecule has 3 amide bonds. The van der Waals surface area contributed by atoms with Gasteiger partial charge in [0.15, 0.2) is 0 Å². The molecule has 0 radical (unpaired) electrons. The second kappa shape index (κ2) is 9.31. The van der Waals surface area contributed by atoms with Crippen molar-refractivity contribution in [1.82, 2.24) is 15.5 Å². The number of likely N-dealkylation sites (N-methyl/N-ethyl adjacent to an activating group) is 1. The first-order chi connectivity index (χ1) is 15.0. The van der Waals surface area contributed by atoms with Gasteiger partial charge in [-0.2, -0.15) is 0 Å². The van der Waals surface area contributed by atoms with Crippen molar-refractivity contribution in [3.05, 3.63) is 65.2 Å². The Morgan fingerprint density at radius 1 is 0.871 bits per heavy atom. The molecule has 0 bridgehead atoms. The molecule has 2 aliphatic carbocycles. The summed E-state index contributed by atoms with van der Waals surface area (Å²) in [4.78, 5) is 38.9. The van der Waals surface area contributed by atoms with E-state index in [1.54, 1.807) is 24.3 Å². The number of amides is 3. The summed E-state index contributed by atoms with van der Waals surface area (Å²) in [6.45, 7) is 0.754. The Kier molecular flexibility index (Phi) is 6.32. The van der Waals surface area contributed by atoms with Crippen LogP contribution in [0.3, 0.4) is 0 Å². The van der Waals surface area contributed by atoms with E-state index in [0.29, 0.717) is 29.4 Å². The molecule has 2 fully saturated rings. The van der Waals surface area contributed by atoms with Gasteiger partial charge in [0.05, 0.1) is 17.8 Å². The van der Waals surface area contributed by atoms with Crippen LogP contribution >= 0.6 is 0 Å². The largest absolute Gasteiger partial charge is 0.349 e. The molecule has 0 saturated heterocycles. The Morgan fingerprint density at radius 3 is 2.13 bits per heavy atom. The van der Waals surface area contributed by atoms with Gasteiger partial charge in [-0.1, -0.05) is 24.3 Å². The zero-order chi connectivity index (χ0) is 21.8. The van der Waals surface area contributed by atoms with Crippen molar-refractivity contribution in [3.8, 4) is 0 Å². The van der Waals surface area contributed by atoms with Crippen molar-refractivity contribution in [2.24, 2.45) is 0 Å². The fraction of sp³-hybridized carbons (Fsp3) is 0.375. The third kappa shape index (κ3) is 6.15. The number of nitrogens with one attached hydrogen (secondary N) is 3. The second-order valence-corrected chi connectivity index (χ2v) is 8.46. The standard InChI is InChI=1S/C24H28N4O3/c1-28(14-16-6-8-17(9-7-16)23(30)25-18-10-11-18)15-22(29)27-21-5-3-2-4-20(21)24(31)26-19-12-13-19/h2-9,18-19H,10-15H2,1H3,(H,25,30)(H,26,31)(H,27,29). The molecule has 7 nitrogen and oxygen atoms in total. The lowest BCUT2D eigenvalue weighted by atomic mass is 10.1. The number of nitrogens with zero attached hydrogens (tertiary/aromatic N) is 1. The molecule has 2 saturated carbocycles. The molecule has 0 aromatic heterocycles. The average Bonchev–Trinajstić information content (AvgIpc) is 3.66. The van der Waals surface area contributed by atoms with E-state index in [1.807, 2.05) is 36.2 Å². The first-order valence-electron chi connectivity index (χ1n) is 10.8. The third-order valence-electron chi connectivity index (χ3n) is 5.35. The average molecular weight is 421 g/mol.